The van der Waals surface area contributed by atoms with Gasteiger partial charge < -0.3 is 10.4 Å². The van der Waals surface area contributed by atoms with E-state index in [1.165, 1.54) is 0 Å². The van der Waals surface area contributed by atoms with Crippen LogP contribution >= 0.6 is 0 Å². The lowest BCUT2D eigenvalue weighted by Gasteiger charge is -2.22. The van der Waals surface area contributed by atoms with E-state index in [0.29, 0.717) is 24.2 Å². The summed E-state index contributed by atoms with van der Waals surface area (Å²) in [4.78, 5) is 8.95. The van der Waals surface area contributed by atoms with Gasteiger partial charge in [0.2, 0.25) is 5.95 Å². The van der Waals surface area contributed by atoms with Crippen molar-refractivity contribution in [2.24, 2.45) is 5.92 Å². The van der Waals surface area contributed by atoms with Crippen molar-refractivity contribution in [1.82, 2.24) is 9.97 Å². The molecular formula is C14H25N3O. The molecular weight excluding hydrogens is 226 g/mol. The molecule has 0 amide bonds. The highest BCUT2D eigenvalue weighted by Gasteiger charge is 2.15. The monoisotopic (exact) mass is 251 g/mol. The number of aromatic nitrogens is 2. The number of aliphatic hydroxyl groups is 1. The average molecular weight is 251 g/mol. The van der Waals surface area contributed by atoms with Gasteiger partial charge >= 0.3 is 0 Å². The maximum Gasteiger partial charge on any atom is 0.223 e. The number of aliphatic hydroxyl groups excluding tert-OH is 1. The SMILES string of the molecule is Cc1cc(C(C)C)nc(NC(CCO)C(C)C)n1. The highest BCUT2D eigenvalue weighted by atomic mass is 16.3. The van der Waals surface area contributed by atoms with Gasteiger partial charge in [-0.2, -0.15) is 0 Å². The topological polar surface area (TPSA) is 58.0 Å². The standard InChI is InChI=1S/C14H25N3O/c1-9(2)12(6-7-18)16-14-15-11(5)8-13(17-14)10(3)4/h8-10,12,18H,6-7H2,1-5H3,(H,15,16,17). The van der Waals surface area contributed by atoms with E-state index in [9.17, 15) is 0 Å². The molecule has 0 radical (unpaired) electrons. The van der Waals surface area contributed by atoms with E-state index in [1.807, 2.05) is 13.0 Å². The largest absolute Gasteiger partial charge is 0.396 e. The van der Waals surface area contributed by atoms with Crippen LogP contribution in [0.15, 0.2) is 6.07 Å². The van der Waals surface area contributed by atoms with Crippen molar-refractivity contribution in [2.75, 3.05) is 11.9 Å². The maximum absolute atomic E-state index is 9.08. The summed E-state index contributed by atoms with van der Waals surface area (Å²) in [5.74, 6) is 1.50. The molecule has 18 heavy (non-hydrogen) atoms. The molecule has 0 saturated heterocycles. The Labute approximate surface area is 110 Å². The molecule has 102 valence electrons. The van der Waals surface area contributed by atoms with Gasteiger partial charge in [-0.25, -0.2) is 9.97 Å². The second-order valence-electron chi connectivity index (χ2n) is 5.42. The zero-order chi connectivity index (χ0) is 13.7. The molecule has 0 spiro atoms. The number of hydrogen-bond acceptors (Lipinski definition) is 4. The third-order valence-electron chi connectivity index (χ3n) is 3.02. The van der Waals surface area contributed by atoms with E-state index in [-0.39, 0.29) is 12.6 Å². The van der Waals surface area contributed by atoms with Gasteiger partial charge in [-0.15, -0.1) is 0 Å². The lowest BCUT2D eigenvalue weighted by molar-refractivity contribution is 0.267. The molecule has 1 aromatic heterocycles. The fourth-order valence-electron chi connectivity index (χ4n) is 1.83. The smallest absolute Gasteiger partial charge is 0.223 e. The lowest BCUT2D eigenvalue weighted by Crippen LogP contribution is -2.28. The first-order valence-corrected chi connectivity index (χ1v) is 6.67. The summed E-state index contributed by atoms with van der Waals surface area (Å²) in [6.07, 6.45) is 0.714. The van der Waals surface area contributed by atoms with Crippen LogP contribution in [0.5, 0.6) is 0 Å². The number of hydrogen-bond donors (Lipinski definition) is 2. The summed E-state index contributed by atoms with van der Waals surface area (Å²) in [5.41, 5.74) is 2.03. The number of nitrogens with zero attached hydrogens (tertiary/aromatic N) is 2. The van der Waals surface area contributed by atoms with E-state index in [4.69, 9.17) is 5.11 Å². The molecule has 0 aromatic carbocycles. The first-order valence-electron chi connectivity index (χ1n) is 6.67. The third-order valence-corrected chi connectivity index (χ3v) is 3.02. The lowest BCUT2D eigenvalue weighted by atomic mass is 10.0. The minimum Gasteiger partial charge on any atom is -0.396 e. The fourth-order valence-corrected chi connectivity index (χ4v) is 1.83. The Morgan fingerprint density at radius 1 is 1.22 bits per heavy atom. The normalized spacial score (nSPS) is 13.1. The third kappa shape index (κ3) is 4.26. The number of rotatable bonds is 6. The molecule has 0 aliphatic heterocycles. The highest BCUT2D eigenvalue weighted by Crippen LogP contribution is 2.17. The van der Waals surface area contributed by atoms with E-state index >= 15 is 0 Å². The maximum atomic E-state index is 9.08. The Hall–Kier alpha value is -1.16. The Bertz CT molecular complexity index is 377. The molecule has 4 nitrogen and oxygen atoms in total. The van der Waals surface area contributed by atoms with Crippen LogP contribution in [-0.4, -0.2) is 27.7 Å². The van der Waals surface area contributed by atoms with Crippen molar-refractivity contribution in [2.45, 2.75) is 53.0 Å². The van der Waals surface area contributed by atoms with Crippen molar-refractivity contribution in [1.29, 1.82) is 0 Å². The number of nitrogens with one attached hydrogen (secondary N) is 1. The van der Waals surface area contributed by atoms with Gasteiger partial charge in [0.15, 0.2) is 0 Å². The van der Waals surface area contributed by atoms with Crippen LogP contribution in [0.25, 0.3) is 0 Å². The van der Waals surface area contributed by atoms with Gasteiger partial charge in [-0.05, 0) is 31.2 Å². The number of aryl methyl sites for hydroxylation is 1. The Kier molecular flexibility index (Phi) is 5.54. The van der Waals surface area contributed by atoms with Crippen molar-refractivity contribution in [3.05, 3.63) is 17.5 Å². The van der Waals surface area contributed by atoms with Gasteiger partial charge in [0.25, 0.3) is 0 Å². The second kappa shape index (κ2) is 6.69. The number of anilines is 1. The van der Waals surface area contributed by atoms with E-state index in [0.717, 1.165) is 11.4 Å². The Balaban J connectivity index is 2.88. The Morgan fingerprint density at radius 3 is 2.39 bits per heavy atom. The van der Waals surface area contributed by atoms with Gasteiger partial charge in [0, 0.05) is 24.0 Å². The summed E-state index contributed by atoms with van der Waals surface area (Å²) >= 11 is 0. The van der Waals surface area contributed by atoms with E-state index in [2.05, 4.69) is 43.0 Å². The molecule has 1 rings (SSSR count). The molecule has 1 heterocycles. The first-order chi connectivity index (χ1) is 8.43. The van der Waals surface area contributed by atoms with Crippen LogP contribution in [-0.2, 0) is 0 Å². The fraction of sp³-hybridized carbons (Fsp3) is 0.714. The molecule has 1 aromatic rings. The van der Waals surface area contributed by atoms with Crippen molar-refractivity contribution in [3.63, 3.8) is 0 Å². The highest BCUT2D eigenvalue weighted by molar-refractivity contribution is 5.30. The molecule has 4 heteroatoms. The summed E-state index contributed by atoms with van der Waals surface area (Å²) in [6, 6.07) is 2.23. The predicted molar refractivity (Wildman–Crippen MR) is 74.8 cm³/mol. The Morgan fingerprint density at radius 2 is 1.89 bits per heavy atom. The average Bonchev–Trinajstić information content (AvgIpc) is 2.27. The minimum atomic E-state index is 0.179. The van der Waals surface area contributed by atoms with Crippen LogP contribution in [0.1, 0.15) is 51.4 Å². The van der Waals surface area contributed by atoms with Crippen molar-refractivity contribution in [3.8, 4) is 0 Å². The van der Waals surface area contributed by atoms with Gasteiger partial charge in [-0.1, -0.05) is 27.7 Å². The summed E-state index contributed by atoms with van der Waals surface area (Å²) in [6.45, 7) is 10.7. The minimum absolute atomic E-state index is 0.179. The van der Waals surface area contributed by atoms with E-state index < -0.39 is 0 Å². The summed E-state index contributed by atoms with van der Waals surface area (Å²) in [5, 5.41) is 12.4. The molecule has 0 fully saturated rings. The molecule has 0 saturated carbocycles. The molecule has 0 aliphatic rings. The predicted octanol–water partition coefficient (Wildman–Crippen LogP) is 2.73. The molecule has 2 N–H and O–H groups in total. The van der Waals surface area contributed by atoms with Crippen LogP contribution in [0, 0.1) is 12.8 Å². The van der Waals surface area contributed by atoms with Crippen molar-refractivity contribution >= 4 is 5.95 Å². The van der Waals surface area contributed by atoms with Crippen LogP contribution in [0.3, 0.4) is 0 Å². The molecule has 1 atom stereocenters. The zero-order valence-electron chi connectivity index (χ0n) is 12.1. The summed E-state index contributed by atoms with van der Waals surface area (Å²) in [7, 11) is 0. The van der Waals surface area contributed by atoms with Gasteiger partial charge in [0.1, 0.15) is 0 Å². The molecule has 0 aliphatic carbocycles. The molecule has 0 bridgehead atoms. The quantitative estimate of drug-likeness (QED) is 0.816. The first kappa shape index (κ1) is 14.9. The van der Waals surface area contributed by atoms with Crippen LogP contribution in [0.4, 0.5) is 5.95 Å². The van der Waals surface area contributed by atoms with Crippen LogP contribution in [0.2, 0.25) is 0 Å². The van der Waals surface area contributed by atoms with Crippen LogP contribution < -0.4 is 5.32 Å². The van der Waals surface area contributed by atoms with Gasteiger partial charge in [0.05, 0.1) is 0 Å². The van der Waals surface area contributed by atoms with E-state index in [1.54, 1.807) is 0 Å². The zero-order valence-corrected chi connectivity index (χ0v) is 12.1. The molecule has 1 unspecified atom stereocenters. The summed E-state index contributed by atoms with van der Waals surface area (Å²) < 4.78 is 0. The van der Waals surface area contributed by atoms with Gasteiger partial charge in [-0.3, -0.25) is 0 Å². The second-order valence-corrected chi connectivity index (χ2v) is 5.42. The van der Waals surface area contributed by atoms with Crippen molar-refractivity contribution < 1.29 is 5.11 Å².